The first kappa shape index (κ1) is 21.4. The van der Waals surface area contributed by atoms with Crippen molar-refractivity contribution < 1.29 is 9.21 Å². The molecule has 0 unspecified atom stereocenters. The van der Waals surface area contributed by atoms with Gasteiger partial charge in [-0.05, 0) is 23.3 Å². The number of thioether (sulfide) groups is 1. The van der Waals surface area contributed by atoms with E-state index in [1.54, 1.807) is 17.2 Å². The lowest BCUT2D eigenvalue weighted by Crippen LogP contribution is -2.32. The Morgan fingerprint density at radius 1 is 1.00 bits per heavy atom. The Kier molecular flexibility index (Phi) is 7.00. The molecular weight excluding hydrogens is 422 g/mol. The molecule has 160 valence electrons. The molecule has 4 aromatic rings. The van der Waals surface area contributed by atoms with E-state index in [1.807, 2.05) is 71.3 Å². The summed E-state index contributed by atoms with van der Waals surface area (Å²) < 4.78 is 7.47. The number of amides is 1. The topological polar surface area (TPSA) is 87.9 Å². The van der Waals surface area contributed by atoms with Crippen molar-refractivity contribution in [2.24, 2.45) is 0 Å². The van der Waals surface area contributed by atoms with Crippen LogP contribution in [0.15, 0.2) is 88.6 Å². The minimum atomic E-state index is -0.130. The van der Waals surface area contributed by atoms with Crippen molar-refractivity contribution in [1.82, 2.24) is 19.7 Å². The molecule has 0 N–H and O–H groups in total. The molecule has 8 heteroatoms. The molecule has 0 saturated carbocycles. The summed E-state index contributed by atoms with van der Waals surface area (Å²) in [6.45, 7) is 0.969. The Bertz CT molecular complexity index is 1180. The average molecular weight is 444 g/mol. The lowest BCUT2D eigenvalue weighted by Gasteiger charge is -2.19. The van der Waals surface area contributed by atoms with Gasteiger partial charge in [0.2, 0.25) is 11.7 Å². The number of carbonyl (C=O) groups is 1. The number of hydrogen-bond donors (Lipinski definition) is 0. The van der Waals surface area contributed by atoms with Crippen molar-refractivity contribution in [2.45, 2.75) is 18.2 Å². The van der Waals surface area contributed by atoms with Gasteiger partial charge in [-0.25, -0.2) is 0 Å². The van der Waals surface area contributed by atoms with Gasteiger partial charge in [0.1, 0.15) is 6.54 Å². The normalized spacial score (nSPS) is 10.6. The second kappa shape index (κ2) is 10.5. The van der Waals surface area contributed by atoms with Gasteiger partial charge >= 0.3 is 0 Å². The minimum Gasteiger partial charge on any atom is -0.461 e. The number of carbonyl (C=O) groups excluding carboxylic acids is 1. The zero-order chi connectivity index (χ0) is 22.2. The van der Waals surface area contributed by atoms with Crippen LogP contribution >= 0.6 is 11.8 Å². The maximum absolute atomic E-state index is 12.9. The Labute approximate surface area is 190 Å². The third kappa shape index (κ3) is 5.25. The first-order chi connectivity index (χ1) is 15.7. The van der Waals surface area contributed by atoms with Crippen LogP contribution in [0.25, 0.3) is 11.6 Å². The lowest BCUT2D eigenvalue weighted by molar-refractivity contribution is -0.128. The average Bonchev–Trinajstić information content (AvgIpc) is 3.49. The standard InChI is InChI=1S/C24H21N5O2S/c25-13-14-28(16-19-8-3-1-4-9-19)22(30)18-32-24-27-26-23(21-12-7-15-31-21)29(24)17-20-10-5-2-6-11-20/h1-12,15H,14,16-18H2. The molecule has 2 aromatic carbocycles. The van der Waals surface area contributed by atoms with Gasteiger partial charge in [-0.2, -0.15) is 5.26 Å². The maximum Gasteiger partial charge on any atom is 0.234 e. The van der Waals surface area contributed by atoms with Gasteiger partial charge in [0.05, 0.1) is 24.6 Å². The Morgan fingerprint density at radius 2 is 1.72 bits per heavy atom. The zero-order valence-corrected chi connectivity index (χ0v) is 18.1. The maximum atomic E-state index is 12.9. The van der Waals surface area contributed by atoms with Crippen LogP contribution in [0.3, 0.4) is 0 Å². The molecule has 0 fully saturated rings. The van der Waals surface area contributed by atoms with Gasteiger partial charge in [-0.1, -0.05) is 72.4 Å². The van der Waals surface area contributed by atoms with Crippen LogP contribution in [0.2, 0.25) is 0 Å². The van der Waals surface area contributed by atoms with E-state index in [0.29, 0.717) is 29.8 Å². The summed E-state index contributed by atoms with van der Waals surface area (Å²) in [7, 11) is 0. The molecule has 0 aliphatic rings. The van der Waals surface area contributed by atoms with Crippen molar-refractivity contribution in [1.29, 1.82) is 5.26 Å². The first-order valence-electron chi connectivity index (χ1n) is 10.1. The molecule has 4 rings (SSSR count). The summed E-state index contributed by atoms with van der Waals surface area (Å²) >= 11 is 1.30. The molecule has 2 aromatic heterocycles. The van der Waals surface area contributed by atoms with Crippen molar-refractivity contribution >= 4 is 17.7 Å². The van der Waals surface area contributed by atoms with E-state index in [2.05, 4.69) is 16.3 Å². The number of furan rings is 1. The SMILES string of the molecule is N#CCN(Cc1ccccc1)C(=O)CSc1nnc(-c2ccco2)n1Cc1ccccc1. The van der Waals surface area contributed by atoms with Gasteiger partial charge in [-0.15, -0.1) is 10.2 Å². The third-order valence-corrected chi connectivity index (χ3v) is 5.75. The Hall–Kier alpha value is -3.83. The number of nitriles is 1. The van der Waals surface area contributed by atoms with Gasteiger partial charge in [0, 0.05) is 6.54 Å². The molecule has 1 amide bonds. The molecule has 0 bridgehead atoms. The summed E-state index contributed by atoms with van der Waals surface area (Å²) in [6.07, 6.45) is 1.59. The lowest BCUT2D eigenvalue weighted by atomic mass is 10.2. The molecule has 0 aliphatic carbocycles. The highest BCUT2D eigenvalue weighted by molar-refractivity contribution is 7.99. The van der Waals surface area contributed by atoms with Crippen LogP contribution < -0.4 is 0 Å². The molecule has 0 aliphatic heterocycles. The monoisotopic (exact) mass is 443 g/mol. The molecule has 7 nitrogen and oxygen atoms in total. The Balaban J connectivity index is 1.51. The largest absolute Gasteiger partial charge is 0.461 e. The predicted molar refractivity (Wildman–Crippen MR) is 121 cm³/mol. The van der Waals surface area contributed by atoms with E-state index in [1.165, 1.54) is 11.8 Å². The summed E-state index contributed by atoms with van der Waals surface area (Å²) in [5.74, 6) is 1.24. The third-order valence-electron chi connectivity index (χ3n) is 4.80. The molecule has 32 heavy (non-hydrogen) atoms. The highest BCUT2D eigenvalue weighted by atomic mass is 32.2. The highest BCUT2D eigenvalue weighted by Crippen LogP contribution is 2.26. The van der Waals surface area contributed by atoms with Gasteiger partial charge in [0.15, 0.2) is 10.9 Å². The summed E-state index contributed by atoms with van der Waals surface area (Å²) in [5, 5.41) is 18.4. The predicted octanol–water partition coefficient (Wildman–Crippen LogP) is 4.23. The Morgan fingerprint density at radius 3 is 2.38 bits per heavy atom. The molecule has 0 spiro atoms. The number of hydrogen-bond acceptors (Lipinski definition) is 6. The van der Waals surface area contributed by atoms with E-state index < -0.39 is 0 Å². The van der Waals surface area contributed by atoms with Crippen LogP contribution in [0.1, 0.15) is 11.1 Å². The molecule has 0 radical (unpaired) electrons. The summed E-state index contributed by atoms with van der Waals surface area (Å²) in [6, 6.07) is 25.3. The van der Waals surface area contributed by atoms with Gasteiger partial charge in [0.25, 0.3) is 0 Å². The fourth-order valence-corrected chi connectivity index (χ4v) is 4.07. The van der Waals surface area contributed by atoms with Crippen LogP contribution in [0.5, 0.6) is 0 Å². The molecule has 0 saturated heterocycles. The molecule has 2 heterocycles. The second-order valence-electron chi connectivity index (χ2n) is 7.04. The van der Waals surface area contributed by atoms with E-state index in [0.717, 1.165) is 11.1 Å². The fourth-order valence-electron chi connectivity index (χ4n) is 3.23. The zero-order valence-electron chi connectivity index (χ0n) is 17.3. The van der Waals surface area contributed by atoms with E-state index >= 15 is 0 Å². The summed E-state index contributed by atoms with van der Waals surface area (Å²) in [4.78, 5) is 14.4. The molecular formula is C24H21N5O2S. The van der Waals surface area contributed by atoms with Crippen molar-refractivity contribution in [3.63, 3.8) is 0 Å². The van der Waals surface area contributed by atoms with E-state index in [4.69, 9.17) is 4.42 Å². The van der Waals surface area contributed by atoms with E-state index in [9.17, 15) is 10.1 Å². The van der Waals surface area contributed by atoms with Crippen molar-refractivity contribution in [2.75, 3.05) is 12.3 Å². The number of rotatable bonds is 9. The van der Waals surface area contributed by atoms with Crippen molar-refractivity contribution in [3.8, 4) is 17.7 Å². The van der Waals surface area contributed by atoms with Crippen LogP contribution in [0.4, 0.5) is 0 Å². The van der Waals surface area contributed by atoms with E-state index in [-0.39, 0.29) is 18.2 Å². The highest BCUT2D eigenvalue weighted by Gasteiger charge is 2.20. The minimum absolute atomic E-state index is 0.0304. The van der Waals surface area contributed by atoms with Crippen LogP contribution in [-0.4, -0.2) is 37.9 Å². The summed E-state index contributed by atoms with van der Waals surface area (Å²) in [5.41, 5.74) is 2.07. The van der Waals surface area contributed by atoms with Crippen LogP contribution in [0, 0.1) is 11.3 Å². The molecule has 0 atom stereocenters. The smallest absolute Gasteiger partial charge is 0.234 e. The second-order valence-corrected chi connectivity index (χ2v) is 7.98. The van der Waals surface area contributed by atoms with Crippen molar-refractivity contribution in [3.05, 3.63) is 90.2 Å². The number of benzene rings is 2. The number of aromatic nitrogens is 3. The fraction of sp³-hybridized carbons (Fsp3) is 0.167. The van der Waals surface area contributed by atoms with Gasteiger partial charge < -0.3 is 9.32 Å². The number of nitrogens with zero attached hydrogens (tertiary/aromatic N) is 5. The quantitative estimate of drug-likeness (QED) is 0.284. The van der Waals surface area contributed by atoms with Gasteiger partial charge in [-0.3, -0.25) is 9.36 Å². The first-order valence-corrected chi connectivity index (χ1v) is 11.1. The van der Waals surface area contributed by atoms with Crippen LogP contribution in [-0.2, 0) is 17.9 Å².